The zero-order valence-electron chi connectivity index (χ0n) is 12.7. The van der Waals surface area contributed by atoms with Crippen molar-refractivity contribution in [3.63, 3.8) is 0 Å². The van der Waals surface area contributed by atoms with Gasteiger partial charge in [-0.2, -0.15) is 0 Å². The Hall–Kier alpha value is -1.96. The molecule has 0 unspecified atom stereocenters. The first kappa shape index (κ1) is 17.4. The summed E-state index contributed by atoms with van der Waals surface area (Å²) in [6, 6.07) is 0. The van der Waals surface area contributed by atoms with Crippen LogP contribution in [0.3, 0.4) is 0 Å². The average Bonchev–Trinajstić information content (AvgIpc) is 2.42. The van der Waals surface area contributed by atoms with Crippen molar-refractivity contribution in [2.24, 2.45) is 0 Å². The number of carboxylic acid groups (broad SMARTS) is 1. The predicted molar refractivity (Wildman–Crippen MR) is 82.9 cm³/mol. The smallest absolute Gasteiger partial charge is 0.341 e. The molecule has 0 spiro atoms. The van der Waals surface area contributed by atoms with Crippen LogP contribution in [0.5, 0.6) is 5.88 Å². The van der Waals surface area contributed by atoms with Crippen LogP contribution < -0.4 is 4.74 Å². The number of aromatic carboxylic acids is 1. The second-order valence-corrected chi connectivity index (χ2v) is 6.01. The molecule has 1 fully saturated rings. The lowest BCUT2D eigenvalue weighted by Gasteiger charge is -2.27. The highest BCUT2D eigenvalue weighted by atomic mass is 79.9. The highest BCUT2D eigenvalue weighted by Crippen LogP contribution is 2.32. The zero-order valence-corrected chi connectivity index (χ0v) is 14.3. The van der Waals surface area contributed by atoms with Crippen molar-refractivity contribution in [2.75, 3.05) is 6.61 Å². The first-order valence-corrected chi connectivity index (χ1v) is 7.87. The number of ether oxygens (including phenoxy) is 2. The second-order valence-electron chi connectivity index (χ2n) is 5.26. The summed E-state index contributed by atoms with van der Waals surface area (Å²) in [5.41, 5.74) is 0.00483. The number of hydrogen-bond donors (Lipinski definition) is 1. The Morgan fingerprint density at radius 3 is 2.43 bits per heavy atom. The van der Waals surface area contributed by atoms with Gasteiger partial charge < -0.3 is 14.6 Å². The van der Waals surface area contributed by atoms with Crippen LogP contribution in [-0.4, -0.2) is 40.5 Å². The van der Waals surface area contributed by atoms with E-state index in [0.717, 1.165) is 19.3 Å². The van der Waals surface area contributed by atoms with E-state index in [1.807, 2.05) is 0 Å². The van der Waals surface area contributed by atoms with E-state index in [2.05, 4.69) is 25.7 Å². The number of carbonyl (C=O) groups excluding carboxylic acids is 2. The SMILES string of the molecule is CC(=O)OCC(=O)c1c(C)c(Br)nc(OC2CCC2)c1C(=O)O. The summed E-state index contributed by atoms with van der Waals surface area (Å²) >= 11 is 3.21. The molecular weight excluding hydrogens is 370 g/mol. The van der Waals surface area contributed by atoms with E-state index in [-0.39, 0.29) is 23.1 Å². The Balaban J connectivity index is 2.46. The number of aromatic nitrogens is 1. The number of ketones is 1. The predicted octanol–water partition coefficient (Wildman–Crippen LogP) is 2.53. The monoisotopic (exact) mass is 385 g/mol. The molecule has 8 heteroatoms. The lowest BCUT2D eigenvalue weighted by Crippen LogP contribution is -2.27. The fourth-order valence-electron chi connectivity index (χ4n) is 2.14. The minimum absolute atomic E-state index is 0.0602. The van der Waals surface area contributed by atoms with Gasteiger partial charge in [0.2, 0.25) is 11.7 Å². The molecule has 7 nitrogen and oxygen atoms in total. The van der Waals surface area contributed by atoms with E-state index in [1.54, 1.807) is 6.92 Å². The highest BCUT2D eigenvalue weighted by molar-refractivity contribution is 9.10. The summed E-state index contributed by atoms with van der Waals surface area (Å²) in [4.78, 5) is 38.9. The molecule has 0 atom stereocenters. The summed E-state index contributed by atoms with van der Waals surface area (Å²) in [7, 11) is 0. The fraction of sp³-hybridized carbons (Fsp3) is 0.467. The van der Waals surface area contributed by atoms with Gasteiger partial charge in [0.1, 0.15) is 16.3 Å². The molecule has 2 rings (SSSR count). The molecule has 1 aliphatic rings. The lowest BCUT2D eigenvalue weighted by molar-refractivity contribution is -0.139. The van der Waals surface area contributed by atoms with Crippen LogP contribution in [0.2, 0.25) is 0 Å². The van der Waals surface area contributed by atoms with Crippen LogP contribution in [-0.2, 0) is 9.53 Å². The normalized spacial score (nSPS) is 14.0. The zero-order chi connectivity index (χ0) is 17.1. The molecule has 0 bridgehead atoms. The van der Waals surface area contributed by atoms with E-state index in [1.165, 1.54) is 6.92 Å². The van der Waals surface area contributed by atoms with Gasteiger partial charge in [-0.05, 0) is 47.7 Å². The van der Waals surface area contributed by atoms with Crippen LogP contribution in [0.1, 0.15) is 52.5 Å². The topological polar surface area (TPSA) is 103 Å². The summed E-state index contributed by atoms with van der Waals surface area (Å²) in [5.74, 6) is -2.64. The van der Waals surface area contributed by atoms with Crippen LogP contribution >= 0.6 is 15.9 Å². The Bertz CT molecular complexity index is 668. The molecule has 0 aromatic carbocycles. The number of nitrogens with zero attached hydrogens (tertiary/aromatic N) is 1. The first-order valence-electron chi connectivity index (χ1n) is 7.07. The van der Waals surface area contributed by atoms with Crippen molar-refractivity contribution in [2.45, 2.75) is 39.2 Å². The van der Waals surface area contributed by atoms with Crippen LogP contribution in [0, 0.1) is 6.92 Å². The van der Waals surface area contributed by atoms with Gasteiger partial charge in [-0.1, -0.05) is 0 Å². The highest BCUT2D eigenvalue weighted by Gasteiger charge is 2.30. The maximum Gasteiger partial charge on any atom is 0.341 e. The van der Waals surface area contributed by atoms with E-state index in [9.17, 15) is 19.5 Å². The van der Waals surface area contributed by atoms with Gasteiger partial charge in [-0.15, -0.1) is 0 Å². The Labute approximate surface area is 141 Å². The number of carbonyl (C=O) groups is 3. The molecule has 0 amide bonds. The van der Waals surface area contributed by atoms with Crippen molar-refractivity contribution in [3.05, 3.63) is 21.3 Å². The molecule has 0 aliphatic heterocycles. The van der Waals surface area contributed by atoms with Crippen molar-refractivity contribution in [1.82, 2.24) is 4.98 Å². The number of Topliss-reactive ketones (excluding diaryl/α,β-unsaturated/α-hetero) is 1. The van der Waals surface area contributed by atoms with Gasteiger partial charge in [0.15, 0.2) is 6.61 Å². The Morgan fingerprint density at radius 1 is 1.30 bits per heavy atom. The number of pyridine rings is 1. The largest absolute Gasteiger partial charge is 0.477 e. The third kappa shape index (κ3) is 3.87. The molecule has 1 N–H and O–H groups in total. The molecule has 124 valence electrons. The molecule has 1 aromatic rings. The number of hydrogen-bond acceptors (Lipinski definition) is 6. The van der Waals surface area contributed by atoms with Crippen molar-refractivity contribution in [3.8, 4) is 5.88 Å². The van der Waals surface area contributed by atoms with Crippen LogP contribution in [0.25, 0.3) is 0 Å². The number of halogens is 1. The Kier molecular flexibility index (Phi) is 5.35. The van der Waals surface area contributed by atoms with Crippen molar-refractivity contribution < 1.29 is 29.0 Å². The molecule has 1 saturated carbocycles. The second kappa shape index (κ2) is 7.08. The summed E-state index contributed by atoms with van der Waals surface area (Å²) < 4.78 is 10.6. The van der Waals surface area contributed by atoms with Gasteiger partial charge in [0, 0.05) is 12.5 Å². The van der Waals surface area contributed by atoms with Gasteiger partial charge in [0.05, 0.1) is 0 Å². The third-order valence-corrected chi connectivity index (χ3v) is 4.35. The molecule has 1 aliphatic carbocycles. The molecule has 23 heavy (non-hydrogen) atoms. The number of rotatable bonds is 6. The molecule has 0 saturated heterocycles. The standard InChI is InChI=1S/C15H16BrNO6/c1-7-11(10(19)6-22-8(2)18)12(15(20)21)14(17-13(7)16)23-9-4-3-5-9/h9H,3-6H2,1-2H3,(H,20,21). The van der Waals surface area contributed by atoms with Gasteiger partial charge in [-0.3, -0.25) is 9.59 Å². The van der Waals surface area contributed by atoms with Crippen LogP contribution in [0.15, 0.2) is 4.60 Å². The average molecular weight is 386 g/mol. The first-order chi connectivity index (χ1) is 10.8. The number of carboxylic acids is 1. The molecular formula is C15H16BrNO6. The van der Waals surface area contributed by atoms with Crippen molar-refractivity contribution in [1.29, 1.82) is 0 Å². The summed E-state index contributed by atoms with van der Waals surface area (Å²) in [6.45, 7) is 2.21. The molecule has 0 radical (unpaired) electrons. The fourth-order valence-corrected chi connectivity index (χ4v) is 2.50. The van der Waals surface area contributed by atoms with Gasteiger partial charge in [0.25, 0.3) is 0 Å². The van der Waals surface area contributed by atoms with E-state index >= 15 is 0 Å². The quantitative estimate of drug-likeness (QED) is 0.455. The number of esters is 1. The minimum Gasteiger partial charge on any atom is -0.477 e. The Morgan fingerprint density at radius 2 is 1.96 bits per heavy atom. The third-order valence-electron chi connectivity index (χ3n) is 3.58. The molecule has 1 aromatic heterocycles. The lowest BCUT2D eigenvalue weighted by atomic mass is 9.96. The maximum absolute atomic E-state index is 12.3. The van der Waals surface area contributed by atoms with E-state index in [0.29, 0.717) is 10.2 Å². The van der Waals surface area contributed by atoms with Gasteiger partial charge >= 0.3 is 11.9 Å². The van der Waals surface area contributed by atoms with E-state index < -0.39 is 24.3 Å². The van der Waals surface area contributed by atoms with Crippen LogP contribution in [0.4, 0.5) is 0 Å². The summed E-state index contributed by atoms with van der Waals surface area (Å²) in [6.07, 6.45) is 2.57. The molecule has 1 heterocycles. The van der Waals surface area contributed by atoms with E-state index in [4.69, 9.17) is 4.74 Å². The minimum atomic E-state index is -1.31. The summed E-state index contributed by atoms with van der Waals surface area (Å²) in [5, 5.41) is 9.50. The van der Waals surface area contributed by atoms with Crippen molar-refractivity contribution >= 4 is 33.7 Å². The maximum atomic E-state index is 12.3. The van der Waals surface area contributed by atoms with Gasteiger partial charge in [-0.25, -0.2) is 9.78 Å².